The minimum absolute atomic E-state index is 0.124. The molecular formula is C16H10FN3O2S2. The smallest absolute Gasteiger partial charge is 0.283 e. The van der Waals surface area contributed by atoms with Gasteiger partial charge in [-0.05, 0) is 36.4 Å². The van der Waals surface area contributed by atoms with Gasteiger partial charge in [0.05, 0.1) is 10.2 Å². The Kier molecular flexibility index (Phi) is 4.14. The van der Waals surface area contributed by atoms with Gasteiger partial charge < -0.3 is 9.15 Å². The van der Waals surface area contributed by atoms with Crippen LogP contribution in [-0.2, 0) is 6.61 Å². The SMILES string of the molecule is Fc1ccc(OCc2nnc(Sc3nc4ccccc4s3)o2)cc1. The van der Waals surface area contributed by atoms with Gasteiger partial charge in [0, 0.05) is 11.8 Å². The van der Waals surface area contributed by atoms with Crippen molar-refractivity contribution in [2.75, 3.05) is 0 Å². The van der Waals surface area contributed by atoms with Gasteiger partial charge in [0.2, 0.25) is 0 Å². The van der Waals surface area contributed by atoms with Crippen LogP contribution in [-0.4, -0.2) is 15.2 Å². The van der Waals surface area contributed by atoms with Crippen LogP contribution >= 0.6 is 23.1 Å². The molecule has 0 saturated carbocycles. The summed E-state index contributed by atoms with van der Waals surface area (Å²) < 4.78 is 25.8. The first-order valence-corrected chi connectivity index (χ1v) is 8.64. The third-order valence-corrected chi connectivity index (χ3v) is 5.01. The number of hydrogen-bond donors (Lipinski definition) is 0. The molecular weight excluding hydrogens is 349 g/mol. The van der Waals surface area contributed by atoms with Crippen LogP contribution in [0.25, 0.3) is 10.2 Å². The molecule has 0 spiro atoms. The zero-order valence-electron chi connectivity index (χ0n) is 12.2. The highest BCUT2D eigenvalue weighted by Gasteiger charge is 2.12. The van der Waals surface area contributed by atoms with Crippen molar-refractivity contribution >= 4 is 33.3 Å². The summed E-state index contributed by atoms with van der Waals surface area (Å²) in [5.74, 6) is 0.576. The van der Waals surface area contributed by atoms with E-state index >= 15 is 0 Å². The number of hydrogen-bond acceptors (Lipinski definition) is 7. The molecule has 0 unspecified atom stereocenters. The highest BCUT2D eigenvalue weighted by atomic mass is 32.2. The summed E-state index contributed by atoms with van der Waals surface area (Å²) in [6.07, 6.45) is 0. The maximum absolute atomic E-state index is 12.8. The molecule has 0 aliphatic heterocycles. The molecule has 2 heterocycles. The van der Waals surface area contributed by atoms with Crippen molar-refractivity contribution in [1.82, 2.24) is 15.2 Å². The van der Waals surface area contributed by atoms with Crippen LogP contribution in [0.5, 0.6) is 5.75 Å². The van der Waals surface area contributed by atoms with Crippen molar-refractivity contribution < 1.29 is 13.5 Å². The standard InChI is InChI=1S/C16H10FN3O2S2/c17-10-5-7-11(8-6-10)21-9-14-19-20-15(22-14)24-16-18-12-3-1-2-4-13(12)23-16/h1-8H,9H2. The van der Waals surface area contributed by atoms with Gasteiger partial charge in [-0.25, -0.2) is 9.37 Å². The molecule has 120 valence electrons. The first kappa shape index (κ1) is 15.1. The Morgan fingerprint density at radius 3 is 2.75 bits per heavy atom. The van der Waals surface area contributed by atoms with Crippen molar-refractivity contribution in [1.29, 1.82) is 0 Å². The van der Waals surface area contributed by atoms with Gasteiger partial charge in [0.25, 0.3) is 11.1 Å². The van der Waals surface area contributed by atoms with Gasteiger partial charge in [-0.2, -0.15) is 0 Å². The minimum Gasteiger partial charge on any atom is -0.484 e. The Labute approximate surface area is 144 Å². The maximum atomic E-state index is 12.8. The van der Waals surface area contributed by atoms with E-state index in [2.05, 4.69) is 15.2 Å². The molecule has 0 bridgehead atoms. The number of thiazole rings is 1. The molecule has 0 saturated heterocycles. The molecule has 0 fully saturated rings. The van der Waals surface area contributed by atoms with E-state index in [4.69, 9.17) is 9.15 Å². The summed E-state index contributed by atoms with van der Waals surface area (Å²) in [6, 6.07) is 13.7. The van der Waals surface area contributed by atoms with Crippen LogP contribution < -0.4 is 4.74 Å². The van der Waals surface area contributed by atoms with Crippen LogP contribution in [0.1, 0.15) is 5.89 Å². The van der Waals surface area contributed by atoms with Crippen molar-refractivity contribution in [3.8, 4) is 5.75 Å². The Bertz CT molecular complexity index is 936. The van der Waals surface area contributed by atoms with Crippen molar-refractivity contribution in [3.05, 3.63) is 60.2 Å². The second kappa shape index (κ2) is 6.58. The molecule has 5 nitrogen and oxygen atoms in total. The van der Waals surface area contributed by atoms with Crippen LogP contribution in [0, 0.1) is 5.82 Å². The predicted molar refractivity (Wildman–Crippen MR) is 88.8 cm³/mol. The molecule has 2 aromatic heterocycles. The summed E-state index contributed by atoms with van der Waals surface area (Å²) in [5, 5.41) is 8.33. The van der Waals surface area contributed by atoms with Crippen molar-refractivity contribution in [3.63, 3.8) is 0 Å². The lowest BCUT2D eigenvalue weighted by Gasteiger charge is -2.01. The number of nitrogens with zero attached hydrogens (tertiary/aromatic N) is 3. The number of rotatable bonds is 5. The number of benzene rings is 2. The number of aromatic nitrogens is 3. The van der Waals surface area contributed by atoms with Gasteiger partial charge in [-0.15, -0.1) is 21.5 Å². The Balaban J connectivity index is 1.41. The Morgan fingerprint density at radius 1 is 1.08 bits per heavy atom. The number of ether oxygens (including phenoxy) is 1. The molecule has 0 amide bonds. The van der Waals surface area contributed by atoms with E-state index in [1.54, 1.807) is 23.5 Å². The topological polar surface area (TPSA) is 61.0 Å². The fourth-order valence-corrected chi connectivity index (χ4v) is 3.84. The van der Waals surface area contributed by atoms with Crippen molar-refractivity contribution in [2.45, 2.75) is 16.2 Å². The van der Waals surface area contributed by atoms with Gasteiger partial charge in [-0.1, -0.05) is 12.1 Å². The lowest BCUT2D eigenvalue weighted by atomic mass is 10.3. The molecule has 0 aliphatic rings. The van der Waals surface area contributed by atoms with E-state index in [0.717, 1.165) is 14.6 Å². The Hall–Kier alpha value is -2.45. The number of fused-ring (bicyclic) bond motifs is 1. The molecule has 0 aliphatic carbocycles. The highest BCUT2D eigenvalue weighted by molar-refractivity contribution is 8.00. The highest BCUT2D eigenvalue weighted by Crippen LogP contribution is 2.33. The maximum Gasteiger partial charge on any atom is 0.283 e. The molecule has 2 aromatic carbocycles. The van der Waals surface area contributed by atoms with Gasteiger partial charge in [-0.3, -0.25) is 0 Å². The molecule has 4 rings (SSSR count). The van der Waals surface area contributed by atoms with Crippen LogP contribution in [0.15, 0.2) is 62.5 Å². The first-order chi connectivity index (χ1) is 11.8. The average molecular weight is 359 g/mol. The van der Waals surface area contributed by atoms with E-state index in [-0.39, 0.29) is 12.4 Å². The van der Waals surface area contributed by atoms with Crippen LogP contribution in [0.3, 0.4) is 0 Å². The van der Waals surface area contributed by atoms with E-state index in [0.29, 0.717) is 16.9 Å². The second-order valence-corrected chi connectivity index (χ2v) is 6.98. The van der Waals surface area contributed by atoms with Gasteiger partial charge in [0.15, 0.2) is 10.9 Å². The normalized spacial score (nSPS) is 11.0. The molecule has 24 heavy (non-hydrogen) atoms. The Morgan fingerprint density at radius 2 is 1.92 bits per heavy atom. The molecule has 8 heteroatoms. The molecule has 0 N–H and O–H groups in total. The second-order valence-electron chi connectivity index (χ2n) is 4.75. The van der Waals surface area contributed by atoms with E-state index in [9.17, 15) is 4.39 Å². The summed E-state index contributed by atoms with van der Waals surface area (Å²) in [5.41, 5.74) is 0.949. The first-order valence-electron chi connectivity index (χ1n) is 7.00. The lowest BCUT2D eigenvalue weighted by molar-refractivity contribution is 0.252. The van der Waals surface area contributed by atoms with E-state index in [1.165, 1.54) is 23.9 Å². The fourth-order valence-electron chi connectivity index (χ4n) is 1.98. The fraction of sp³-hybridized carbons (Fsp3) is 0.0625. The quantitative estimate of drug-likeness (QED) is 0.521. The molecule has 4 aromatic rings. The third kappa shape index (κ3) is 3.39. The summed E-state index contributed by atoms with van der Waals surface area (Å²) in [6.45, 7) is 0.124. The largest absolute Gasteiger partial charge is 0.484 e. The minimum atomic E-state index is -0.310. The van der Waals surface area contributed by atoms with E-state index < -0.39 is 0 Å². The van der Waals surface area contributed by atoms with Crippen molar-refractivity contribution in [2.24, 2.45) is 0 Å². The number of para-hydroxylation sites is 1. The summed E-state index contributed by atoms with van der Waals surface area (Å²) in [4.78, 5) is 4.51. The monoisotopic (exact) mass is 359 g/mol. The zero-order chi connectivity index (χ0) is 16.4. The molecule has 0 radical (unpaired) electrons. The third-order valence-electron chi connectivity index (χ3n) is 3.07. The lowest BCUT2D eigenvalue weighted by Crippen LogP contribution is -1.95. The number of halogens is 1. The van der Waals surface area contributed by atoms with Crippen LogP contribution in [0.2, 0.25) is 0 Å². The van der Waals surface area contributed by atoms with E-state index in [1.807, 2.05) is 24.3 Å². The van der Waals surface area contributed by atoms with Gasteiger partial charge >= 0.3 is 0 Å². The summed E-state index contributed by atoms with van der Waals surface area (Å²) in [7, 11) is 0. The zero-order valence-corrected chi connectivity index (χ0v) is 13.8. The van der Waals surface area contributed by atoms with Crippen LogP contribution in [0.4, 0.5) is 4.39 Å². The average Bonchev–Trinajstić information content (AvgIpc) is 3.20. The van der Waals surface area contributed by atoms with Gasteiger partial charge in [0.1, 0.15) is 11.6 Å². The molecule has 0 atom stereocenters. The predicted octanol–water partition coefficient (Wildman–Crippen LogP) is 4.55. The summed E-state index contributed by atoms with van der Waals surface area (Å²) >= 11 is 2.89.